The fourth-order valence-electron chi connectivity index (χ4n) is 2.60. The SMILES string of the molecule is CO[Si](CCCc1cc(OC(=O)OC(C)(C)C)ccc1C=CC(=O)O)(OC)OC. The van der Waals surface area contributed by atoms with Crippen LogP contribution in [0.5, 0.6) is 5.75 Å². The number of aryl methyl sites for hydroxylation is 1. The Bertz CT molecular complexity index is 711. The van der Waals surface area contributed by atoms with Crippen LogP contribution in [-0.4, -0.2) is 53.0 Å². The quantitative estimate of drug-likeness (QED) is 0.260. The number of rotatable bonds is 10. The number of carboxylic acids is 1. The summed E-state index contributed by atoms with van der Waals surface area (Å²) in [6.07, 6.45) is 3.01. The predicted octanol–water partition coefficient (Wildman–Crippen LogP) is 3.91. The molecule has 0 aromatic heterocycles. The molecule has 1 rings (SSSR count). The number of hydrogen-bond acceptors (Lipinski definition) is 7. The van der Waals surface area contributed by atoms with Gasteiger partial charge in [0, 0.05) is 33.4 Å². The summed E-state index contributed by atoms with van der Waals surface area (Å²) in [6.45, 7) is 5.24. The van der Waals surface area contributed by atoms with Crippen molar-refractivity contribution in [1.29, 1.82) is 0 Å². The summed E-state index contributed by atoms with van der Waals surface area (Å²) in [5, 5.41) is 8.91. The second-order valence-electron chi connectivity index (χ2n) is 7.25. The van der Waals surface area contributed by atoms with E-state index in [-0.39, 0.29) is 0 Å². The minimum absolute atomic E-state index is 0.315. The lowest BCUT2D eigenvalue weighted by atomic mass is 10.0. The molecule has 0 aliphatic rings. The Labute approximate surface area is 172 Å². The number of benzene rings is 1. The van der Waals surface area contributed by atoms with Crippen LogP contribution in [-0.2, 0) is 29.2 Å². The van der Waals surface area contributed by atoms with Crippen LogP contribution in [0, 0.1) is 0 Å². The molecule has 0 unspecified atom stereocenters. The van der Waals surface area contributed by atoms with Crippen LogP contribution in [0.2, 0.25) is 6.04 Å². The van der Waals surface area contributed by atoms with Crippen LogP contribution in [0.3, 0.4) is 0 Å². The maximum absolute atomic E-state index is 11.9. The number of carbonyl (C=O) groups excluding carboxylic acids is 1. The molecule has 0 aliphatic carbocycles. The molecule has 0 saturated carbocycles. The first-order valence-electron chi connectivity index (χ1n) is 9.14. The van der Waals surface area contributed by atoms with Gasteiger partial charge in [-0.15, -0.1) is 0 Å². The predicted molar refractivity (Wildman–Crippen MR) is 110 cm³/mol. The zero-order chi connectivity index (χ0) is 22.1. The minimum atomic E-state index is -2.71. The third-order valence-corrected chi connectivity index (χ3v) is 6.80. The number of aliphatic carboxylic acids is 1. The van der Waals surface area contributed by atoms with Gasteiger partial charge in [-0.25, -0.2) is 9.59 Å². The molecule has 0 heterocycles. The molecule has 0 atom stereocenters. The Morgan fingerprint density at radius 2 is 1.72 bits per heavy atom. The average molecular weight is 427 g/mol. The van der Waals surface area contributed by atoms with Crippen LogP contribution in [0.1, 0.15) is 38.3 Å². The van der Waals surface area contributed by atoms with Crippen molar-refractivity contribution in [2.45, 2.75) is 45.3 Å². The van der Waals surface area contributed by atoms with Crippen LogP contribution in [0.25, 0.3) is 6.08 Å². The van der Waals surface area contributed by atoms with Crippen molar-refractivity contribution in [1.82, 2.24) is 0 Å². The van der Waals surface area contributed by atoms with Crippen molar-refractivity contribution in [3.05, 3.63) is 35.4 Å². The average Bonchev–Trinajstić information content (AvgIpc) is 2.63. The summed E-state index contributed by atoms with van der Waals surface area (Å²) in [5.74, 6) is -0.731. The zero-order valence-electron chi connectivity index (χ0n) is 17.8. The monoisotopic (exact) mass is 426 g/mol. The fourth-order valence-corrected chi connectivity index (χ4v) is 4.33. The molecule has 9 heteroatoms. The second kappa shape index (κ2) is 11.1. The summed E-state index contributed by atoms with van der Waals surface area (Å²) < 4.78 is 26.7. The second-order valence-corrected chi connectivity index (χ2v) is 10.3. The summed E-state index contributed by atoms with van der Waals surface area (Å²) in [5.41, 5.74) is 0.858. The largest absolute Gasteiger partial charge is 0.514 e. The standard InChI is InChI=1S/C20H30O8Si/c1-20(2,3)28-19(23)27-17-11-9-15(10-12-18(21)22)16(14-17)8-7-13-29(24-4,25-5)26-6/h9-12,14H,7-8,13H2,1-6H3,(H,21,22). The van der Waals surface area contributed by atoms with Gasteiger partial charge in [0.25, 0.3) is 0 Å². The summed E-state index contributed by atoms with van der Waals surface area (Å²) in [7, 11) is 1.94. The van der Waals surface area contributed by atoms with Gasteiger partial charge in [-0.2, -0.15) is 0 Å². The normalized spacial score (nSPS) is 12.2. The molecule has 0 radical (unpaired) electrons. The smallest absolute Gasteiger partial charge is 0.478 e. The molecular formula is C20H30O8Si. The molecule has 162 valence electrons. The van der Waals surface area contributed by atoms with Gasteiger partial charge < -0.3 is 27.9 Å². The molecule has 1 N–H and O–H groups in total. The van der Waals surface area contributed by atoms with E-state index in [1.807, 2.05) is 0 Å². The molecule has 8 nitrogen and oxygen atoms in total. The van der Waals surface area contributed by atoms with Crippen LogP contribution >= 0.6 is 0 Å². The maximum atomic E-state index is 11.9. The van der Waals surface area contributed by atoms with Gasteiger partial charge in [-0.05, 0) is 62.9 Å². The van der Waals surface area contributed by atoms with E-state index in [1.54, 1.807) is 60.3 Å². The van der Waals surface area contributed by atoms with Crippen LogP contribution in [0.15, 0.2) is 24.3 Å². The van der Waals surface area contributed by atoms with E-state index in [0.717, 1.165) is 11.6 Å². The van der Waals surface area contributed by atoms with Gasteiger partial charge in [0.05, 0.1) is 0 Å². The zero-order valence-corrected chi connectivity index (χ0v) is 18.8. The highest BCUT2D eigenvalue weighted by molar-refractivity contribution is 6.60. The van der Waals surface area contributed by atoms with Gasteiger partial charge in [0.2, 0.25) is 0 Å². The molecular weight excluding hydrogens is 396 g/mol. The van der Waals surface area contributed by atoms with Gasteiger partial charge in [0.1, 0.15) is 11.4 Å². The van der Waals surface area contributed by atoms with Gasteiger partial charge in [0.15, 0.2) is 0 Å². The summed E-state index contributed by atoms with van der Waals surface area (Å²) in [6, 6.07) is 5.56. The lowest BCUT2D eigenvalue weighted by Crippen LogP contribution is -2.42. The highest BCUT2D eigenvalue weighted by Crippen LogP contribution is 2.24. The van der Waals surface area contributed by atoms with Gasteiger partial charge in [-0.1, -0.05) is 6.07 Å². The molecule has 0 amide bonds. The van der Waals surface area contributed by atoms with Crippen molar-refractivity contribution in [3.8, 4) is 5.75 Å². The van der Waals surface area contributed by atoms with Crippen molar-refractivity contribution < 1.29 is 37.4 Å². The highest BCUT2D eigenvalue weighted by atomic mass is 28.4. The molecule has 0 saturated heterocycles. The Morgan fingerprint density at radius 1 is 1.10 bits per heavy atom. The molecule has 0 fully saturated rings. The van der Waals surface area contributed by atoms with Crippen molar-refractivity contribution in [2.75, 3.05) is 21.3 Å². The van der Waals surface area contributed by atoms with Gasteiger partial charge in [-0.3, -0.25) is 0 Å². The van der Waals surface area contributed by atoms with E-state index in [0.29, 0.717) is 30.2 Å². The molecule has 29 heavy (non-hydrogen) atoms. The topological polar surface area (TPSA) is 101 Å². The number of hydrogen-bond donors (Lipinski definition) is 1. The minimum Gasteiger partial charge on any atom is -0.478 e. The van der Waals surface area contributed by atoms with Gasteiger partial charge >= 0.3 is 20.9 Å². The third-order valence-electron chi connectivity index (χ3n) is 3.97. The first kappa shape index (κ1) is 24.8. The lowest BCUT2D eigenvalue weighted by Gasteiger charge is -2.24. The van der Waals surface area contributed by atoms with E-state index in [1.165, 1.54) is 6.08 Å². The Morgan fingerprint density at radius 3 is 2.24 bits per heavy atom. The molecule has 0 aliphatic heterocycles. The Hall–Kier alpha value is -2.20. The van der Waals surface area contributed by atoms with Crippen molar-refractivity contribution in [2.24, 2.45) is 0 Å². The lowest BCUT2D eigenvalue weighted by molar-refractivity contribution is -0.131. The fraction of sp³-hybridized carbons (Fsp3) is 0.500. The summed E-state index contributed by atoms with van der Waals surface area (Å²) in [4.78, 5) is 22.8. The number of carboxylic acid groups (broad SMARTS) is 1. The van der Waals surface area contributed by atoms with E-state index in [2.05, 4.69) is 0 Å². The molecule has 0 spiro atoms. The summed E-state index contributed by atoms with van der Waals surface area (Å²) >= 11 is 0. The highest BCUT2D eigenvalue weighted by Gasteiger charge is 2.36. The first-order valence-corrected chi connectivity index (χ1v) is 11.1. The maximum Gasteiger partial charge on any atom is 0.514 e. The number of carbonyl (C=O) groups is 2. The third kappa shape index (κ3) is 8.78. The van der Waals surface area contributed by atoms with E-state index < -0.39 is 26.5 Å². The molecule has 0 bridgehead atoms. The van der Waals surface area contributed by atoms with E-state index >= 15 is 0 Å². The molecule has 1 aromatic carbocycles. The van der Waals surface area contributed by atoms with Crippen LogP contribution in [0.4, 0.5) is 4.79 Å². The van der Waals surface area contributed by atoms with E-state index in [4.69, 9.17) is 27.9 Å². The van der Waals surface area contributed by atoms with E-state index in [9.17, 15) is 9.59 Å². The van der Waals surface area contributed by atoms with Crippen molar-refractivity contribution >= 4 is 27.0 Å². The Kier molecular flexibility index (Phi) is 9.51. The first-order chi connectivity index (χ1) is 13.5. The van der Waals surface area contributed by atoms with Crippen molar-refractivity contribution in [3.63, 3.8) is 0 Å². The Balaban J connectivity index is 3.00. The molecule has 1 aromatic rings. The van der Waals surface area contributed by atoms with Crippen LogP contribution < -0.4 is 4.74 Å². The number of ether oxygens (including phenoxy) is 2.